The van der Waals surface area contributed by atoms with Crippen LogP contribution >= 0.6 is 11.5 Å². The van der Waals surface area contributed by atoms with Gasteiger partial charge in [0.05, 0.1) is 25.7 Å². The van der Waals surface area contributed by atoms with Crippen LogP contribution in [0.4, 0.5) is 5.13 Å². The molecule has 1 heterocycles. The zero-order chi connectivity index (χ0) is 27.7. The van der Waals surface area contributed by atoms with Gasteiger partial charge in [-0.2, -0.15) is 4.37 Å². The normalized spacial score (nSPS) is 14.1. The molecule has 1 aliphatic carbocycles. The monoisotopic (exact) mass is 575 g/mol. The van der Waals surface area contributed by atoms with E-state index in [0.29, 0.717) is 22.8 Å². The number of aryl methyl sites for hydroxylation is 1. The Morgan fingerprint density at radius 3 is 2.39 bits per heavy atom. The van der Waals surface area contributed by atoms with Gasteiger partial charge in [0.15, 0.2) is 0 Å². The Labute approximate surface area is 231 Å². The summed E-state index contributed by atoms with van der Waals surface area (Å²) in [5, 5.41) is 0.264. The summed E-state index contributed by atoms with van der Waals surface area (Å²) in [6, 6.07) is 8.87. The Hall–Kier alpha value is -2.63. The molecule has 0 unspecified atom stereocenters. The van der Waals surface area contributed by atoms with Crippen LogP contribution in [0.15, 0.2) is 41.6 Å². The lowest BCUT2D eigenvalue weighted by Crippen LogP contribution is -2.44. The topological polar surface area (TPSA) is 90.9 Å². The quantitative estimate of drug-likeness (QED) is 0.280. The number of anilines is 1. The molecule has 0 saturated heterocycles. The molecule has 0 saturated carbocycles. The molecule has 1 aromatic heterocycles. The van der Waals surface area contributed by atoms with Crippen molar-refractivity contribution in [3.8, 4) is 17.2 Å². The third-order valence-electron chi connectivity index (χ3n) is 7.53. The summed E-state index contributed by atoms with van der Waals surface area (Å²) in [6.07, 6.45) is 5.19. The van der Waals surface area contributed by atoms with E-state index in [0.717, 1.165) is 48.3 Å². The SMILES string of the molecule is COc1ccc(CN(c2ncns2)S(=O)(=O)c2cc3c(c(O[Si](C)(C)C(C)(C)C)c2)CCCC3)c(OC)c1. The molecule has 4 rings (SSSR count). The van der Waals surface area contributed by atoms with E-state index < -0.39 is 18.3 Å². The second-order valence-electron chi connectivity index (χ2n) is 11.0. The van der Waals surface area contributed by atoms with E-state index in [9.17, 15) is 8.42 Å². The van der Waals surface area contributed by atoms with Gasteiger partial charge in [-0.05, 0) is 79.2 Å². The van der Waals surface area contributed by atoms with Gasteiger partial charge in [-0.15, -0.1) is 0 Å². The summed E-state index contributed by atoms with van der Waals surface area (Å²) < 4.78 is 51.6. The Bertz CT molecular complexity index is 1390. The molecule has 11 heteroatoms. The van der Waals surface area contributed by atoms with Crippen molar-refractivity contribution < 1.29 is 22.3 Å². The first kappa shape index (κ1) is 28.4. The van der Waals surface area contributed by atoms with Gasteiger partial charge in [0.25, 0.3) is 10.0 Å². The fourth-order valence-electron chi connectivity index (χ4n) is 4.26. The minimum Gasteiger partial charge on any atom is -0.543 e. The highest BCUT2D eigenvalue weighted by Gasteiger charge is 2.40. The molecular weight excluding hydrogens is 539 g/mol. The highest BCUT2D eigenvalue weighted by atomic mass is 32.2. The summed E-state index contributed by atoms with van der Waals surface area (Å²) in [5.41, 5.74) is 2.87. The molecular formula is C27H37N3O5S2Si. The molecule has 0 atom stereocenters. The highest BCUT2D eigenvalue weighted by Crippen LogP contribution is 2.42. The molecule has 3 aromatic rings. The fourth-order valence-corrected chi connectivity index (χ4v) is 7.50. The lowest BCUT2D eigenvalue weighted by Gasteiger charge is -2.38. The molecule has 0 fully saturated rings. The van der Waals surface area contributed by atoms with E-state index in [1.807, 2.05) is 6.07 Å². The lowest BCUT2D eigenvalue weighted by molar-refractivity contribution is 0.391. The number of hydrogen-bond donors (Lipinski definition) is 0. The number of ether oxygens (including phenoxy) is 2. The summed E-state index contributed by atoms with van der Waals surface area (Å²) >= 11 is 1.04. The summed E-state index contributed by atoms with van der Waals surface area (Å²) in [6.45, 7) is 11.0. The number of methoxy groups -OCH3 is 2. The number of nitrogens with zero attached hydrogens (tertiary/aromatic N) is 3. The summed E-state index contributed by atoms with van der Waals surface area (Å²) in [4.78, 5) is 4.46. The van der Waals surface area contributed by atoms with Crippen molar-refractivity contribution in [1.29, 1.82) is 0 Å². The average molecular weight is 576 g/mol. The first-order chi connectivity index (χ1) is 17.9. The predicted molar refractivity (Wildman–Crippen MR) is 154 cm³/mol. The van der Waals surface area contributed by atoms with Gasteiger partial charge in [0.1, 0.15) is 23.6 Å². The molecule has 0 bridgehead atoms. The third kappa shape index (κ3) is 5.69. The van der Waals surface area contributed by atoms with Gasteiger partial charge in [-0.3, -0.25) is 0 Å². The number of hydrogen-bond acceptors (Lipinski definition) is 8. The van der Waals surface area contributed by atoms with E-state index in [-0.39, 0.29) is 21.6 Å². The molecule has 1 aliphatic rings. The maximum Gasteiger partial charge on any atom is 0.266 e. The Balaban J connectivity index is 1.82. The molecule has 0 amide bonds. The van der Waals surface area contributed by atoms with Gasteiger partial charge in [0, 0.05) is 23.2 Å². The van der Waals surface area contributed by atoms with Crippen LogP contribution in [0.1, 0.15) is 50.3 Å². The molecule has 0 radical (unpaired) electrons. The first-order valence-electron chi connectivity index (χ1n) is 12.7. The van der Waals surface area contributed by atoms with Crippen LogP contribution in [0.5, 0.6) is 17.2 Å². The van der Waals surface area contributed by atoms with Crippen molar-refractivity contribution in [3.05, 3.63) is 53.3 Å². The van der Waals surface area contributed by atoms with E-state index in [2.05, 4.69) is 43.2 Å². The fraction of sp³-hybridized carbons (Fsp3) is 0.481. The smallest absolute Gasteiger partial charge is 0.266 e. The molecule has 0 aliphatic heterocycles. The van der Waals surface area contributed by atoms with E-state index in [1.54, 1.807) is 38.5 Å². The highest BCUT2D eigenvalue weighted by molar-refractivity contribution is 7.93. The first-order valence-corrected chi connectivity index (χ1v) is 17.8. The van der Waals surface area contributed by atoms with Gasteiger partial charge in [-0.25, -0.2) is 17.7 Å². The zero-order valence-corrected chi connectivity index (χ0v) is 25.8. The van der Waals surface area contributed by atoms with Crippen LogP contribution in [-0.2, 0) is 29.4 Å². The van der Waals surface area contributed by atoms with Crippen LogP contribution in [0.25, 0.3) is 0 Å². The van der Waals surface area contributed by atoms with Crippen molar-refractivity contribution in [2.75, 3.05) is 18.5 Å². The minimum atomic E-state index is -4.02. The number of fused-ring (bicyclic) bond motifs is 1. The standard InChI is InChI=1S/C27H37N3O5S2Si/c1-27(2,3)38(6,7)35-25-16-22(14-19-10-8-9-11-23(19)25)37(31,32)30(26-28-18-29-36-26)17-20-12-13-21(33-4)15-24(20)34-5/h12-16,18H,8-11,17H2,1-7H3. The van der Waals surface area contributed by atoms with Gasteiger partial charge in [0.2, 0.25) is 13.4 Å². The predicted octanol–water partition coefficient (Wildman–Crippen LogP) is 6.21. The van der Waals surface area contributed by atoms with Gasteiger partial charge < -0.3 is 13.9 Å². The van der Waals surface area contributed by atoms with Crippen LogP contribution in [-0.4, -0.2) is 40.3 Å². The molecule has 206 valence electrons. The van der Waals surface area contributed by atoms with Gasteiger partial charge in [-0.1, -0.05) is 20.8 Å². The van der Waals surface area contributed by atoms with Crippen LogP contribution < -0.4 is 18.2 Å². The minimum absolute atomic E-state index is 0.0209. The maximum absolute atomic E-state index is 14.3. The van der Waals surface area contributed by atoms with Crippen molar-refractivity contribution >= 4 is 35.0 Å². The van der Waals surface area contributed by atoms with Crippen LogP contribution in [0.2, 0.25) is 18.1 Å². The Morgan fingerprint density at radius 1 is 1.03 bits per heavy atom. The summed E-state index contributed by atoms with van der Waals surface area (Å²) in [7, 11) is -3.10. The van der Waals surface area contributed by atoms with Crippen LogP contribution in [0.3, 0.4) is 0 Å². The van der Waals surface area contributed by atoms with Crippen molar-refractivity contribution in [2.45, 2.75) is 76.0 Å². The number of rotatable bonds is 9. The van der Waals surface area contributed by atoms with Crippen molar-refractivity contribution in [3.63, 3.8) is 0 Å². The van der Waals surface area contributed by atoms with Gasteiger partial charge >= 0.3 is 0 Å². The number of aromatic nitrogens is 2. The van der Waals surface area contributed by atoms with Crippen molar-refractivity contribution in [1.82, 2.24) is 9.36 Å². The number of sulfonamides is 1. The Kier molecular flexibility index (Phi) is 8.11. The molecule has 38 heavy (non-hydrogen) atoms. The van der Waals surface area contributed by atoms with E-state index in [1.165, 1.54) is 10.6 Å². The molecule has 0 spiro atoms. The lowest BCUT2D eigenvalue weighted by atomic mass is 9.91. The second kappa shape index (κ2) is 10.9. The maximum atomic E-state index is 14.3. The van der Waals surface area contributed by atoms with E-state index >= 15 is 0 Å². The largest absolute Gasteiger partial charge is 0.543 e. The van der Waals surface area contributed by atoms with Crippen LogP contribution in [0, 0.1) is 0 Å². The Morgan fingerprint density at radius 2 is 1.76 bits per heavy atom. The average Bonchev–Trinajstić information content (AvgIpc) is 3.40. The second-order valence-corrected chi connectivity index (χ2v) is 18.4. The summed E-state index contributed by atoms with van der Waals surface area (Å²) in [5.74, 6) is 1.85. The van der Waals surface area contributed by atoms with E-state index in [4.69, 9.17) is 13.9 Å². The molecule has 2 aromatic carbocycles. The molecule has 0 N–H and O–H groups in total. The third-order valence-corrected chi connectivity index (χ3v) is 14.4. The van der Waals surface area contributed by atoms with Crippen molar-refractivity contribution in [2.24, 2.45) is 0 Å². The molecule has 8 nitrogen and oxygen atoms in total. The number of benzene rings is 2. The zero-order valence-electron chi connectivity index (χ0n) is 23.2.